The summed E-state index contributed by atoms with van der Waals surface area (Å²) in [5, 5.41) is 16.2. The summed E-state index contributed by atoms with van der Waals surface area (Å²) >= 11 is 0. The molecule has 0 atom stereocenters. The number of ether oxygens (including phenoxy) is 1. The van der Waals surface area contributed by atoms with E-state index in [4.69, 9.17) is 9.84 Å². The van der Waals surface area contributed by atoms with E-state index in [1.54, 1.807) is 13.2 Å². The molecule has 6 heteroatoms. The van der Waals surface area contributed by atoms with Gasteiger partial charge in [-0.3, -0.25) is 4.68 Å². The maximum Gasteiger partial charge on any atom is 0.165 e. The summed E-state index contributed by atoms with van der Waals surface area (Å²) in [6, 6.07) is 4.27. The Kier molecular flexibility index (Phi) is 4.11. The van der Waals surface area contributed by atoms with Crippen molar-refractivity contribution in [1.29, 1.82) is 0 Å². The number of aromatic nitrogens is 3. The minimum atomic E-state index is -0.474. The van der Waals surface area contributed by atoms with Gasteiger partial charge in [0.15, 0.2) is 11.6 Å². The molecule has 1 aromatic carbocycles. The fraction of sp³-hybridized carbons (Fsp3) is 0.231. The first kappa shape index (κ1) is 13.1. The smallest absolute Gasteiger partial charge is 0.165 e. The molecule has 2 rings (SSSR count). The van der Waals surface area contributed by atoms with E-state index in [2.05, 4.69) is 22.2 Å². The van der Waals surface area contributed by atoms with Crippen molar-refractivity contribution in [3.63, 3.8) is 0 Å². The van der Waals surface area contributed by atoms with Gasteiger partial charge in [-0.1, -0.05) is 17.1 Å². The summed E-state index contributed by atoms with van der Waals surface area (Å²) in [5.41, 5.74) is 1.18. The molecule has 0 unspecified atom stereocenters. The molecule has 1 aromatic heterocycles. The van der Waals surface area contributed by atoms with Crippen LogP contribution in [0.15, 0.2) is 24.4 Å². The van der Waals surface area contributed by atoms with Crippen molar-refractivity contribution < 1.29 is 14.2 Å². The number of hydrogen-bond donors (Lipinski definition) is 1. The van der Waals surface area contributed by atoms with Crippen molar-refractivity contribution in [2.45, 2.75) is 6.61 Å². The van der Waals surface area contributed by atoms with E-state index in [0.717, 1.165) is 0 Å². The second-order valence-corrected chi connectivity index (χ2v) is 3.78. The summed E-state index contributed by atoms with van der Waals surface area (Å²) in [7, 11) is 1.74. The van der Waals surface area contributed by atoms with Crippen molar-refractivity contribution in [2.75, 3.05) is 6.61 Å². The number of nitrogens with zero attached hydrogens (tertiary/aromatic N) is 3. The summed E-state index contributed by atoms with van der Waals surface area (Å²) in [6.45, 7) is -0.116. The van der Waals surface area contributed by atoms with Crippen molar-refractivity contribution >= 4 is 0 Å². The summed E-state index contributed by atoms with van der Waals surface area (Å²) in [5.74, 6) is 4.79. The van der Waals surface area contributed by atoms with Crippen LogP contribution in [0.5, 0.6) is 5.75 Å². The molecule has 1 heterocycles. The second-order valence-electron chi connectivity index (χ2n) is 3.78. The number of rotatable bonds is 3. The molecule has 0 bridgehead atoms. The molecule has 98 valence electrons. The van der Waals surface area contributed by atoms with E-state index in [1.807, 2.05) is 0 Å². The van der Waals surface area contributed by atoms with E-state index in [0.29, 0.717) is 11.3 Å². The highest BCUT2D eigenvalue weighted by Crippen LogP contribution is 2.19. The van der Waals surface area contributed by atoms with E-state index in [1.165, 1.54) is 22.9 Å². The van der Waals surface area contributed by atoms with Gasteiger partial charge in [-0.05, 0) is 18.2 Å². The molecule has 0 saturated carbocycles. The molecule has 0 saturated heterocycles. The standard InChI is InChI=1S/C13H12FN3O2/c1-17-8-11(15-16-17)9-19-13-7-10(3-2-6-18)4-5-12(13)14/h4-5,7-8,18H,6,9H2,1H3. The van der Waals surface area contributed by atoms with Crippen LogP contribution < -0.4 is 4.74 Å². The van der Waals surface area contributed by atoms with Gasteiger partial charge < -0.3 is 9.84 Å². The molecule has 0 aliphatic rings. The lowest BCUT2D eigenvalue weighted by Gasteiger charge is -2.05. The lowest BCUT2D eigenvalue weighted by molar-refractivity contribution is 0.285. The van der Waals surface area contributed by atoms with Crippen LogP contribution in [0.25, 0.3) is 0 Å². The van der Waals surface area contributed by atoms with Crippen LogP contribution >= 0.6 is 0 Å². The van der Waals surface area contributed by atoms with Crippen LogP contribution in [-0.2, 0) is 13.7 Å². The molecule has 0 aliphatic carbocycles. The second kappa shape index (κ2) is 5.98. The van der Waals surface area contributed by atoms with Crippen LogP contribution in [0.1, 0.15) is 11.3 Å². The molecule has 2 aromatic rings. The molecule has 0 spiro atoms. The SMILES string of the molecule is Cn1cc(COc2cc(C#CCO)ccc2F)nn1. The van der Waals surface area contributed by atoms with Gasteiger partial charge in [0.05, 0.1) is 6.20 Å². The molecular weight excluding hydrogens is 249 g/mol. The third-order valence-corrected chi connectivity index (χ3v) is 2.27. The Morgan fingerprint density at radius 3 is 3.00 bits per heavy atom. The molecule has 0 aliphatic heterocycles. The van der Waals surface area contributed by atoms with Gasteiger partial charge >= 0.3 is 0 Å². The monoisotopic (exact) mass is 261 g/mol. The number of aliphatic hydroxyl groups is 1. The van der Waals surface area contributed by atoms with Gasteiger partial charge in [-0.2, -0.15) is 0 Å². The van der Waals surface area contributed by atoms with Gasteiger partial charge in [-0.25, -0.2) is 4.39 Å². The molecule has 0 amide bonds. The van der Waals surface area contributed by atoms with E-state index in [9.17, 15) is 4.39 Å². The third-order valence-electron chi connectivity index (χ3n) is 2.27. The van der Waals surface area contributed by atoms with E-state index < -0.39 is 5.82 Å². The Hall–Kier alpha value is -2.39. The van der Waals surface area contributed by atoms with Crippen LogP contribution in [0, 0.1) is 17.7 Å². The van der Waals surface area contributed by atoms with Gasteiger partial charge in [0.1, 0.15) is 18.9 Å². The quantitative estimate of drug-likeness (QED) is 0.833. The lowest BCUT2D eigenvalue weighted by Crippen LogP contribution is -1.98. The predicted molar refractivity (Wildman–Crippen MR) is 65.7 cm³/mol. The largest absolute Gasteiger partial charge is 0.484 e. The van der Waals surface area contributed by atoms with Crippen molar-refractivity contribution in [1.82, 2.24) is 15.0 Å². The minimum absolute atomic E-state index is 0.0930. The van der Waals surface area contributed by atoms with Crippen molar-refractivity contribution in [3.05, 3.63) is 41.5 Å². The van der Waals surface area contributed by atoms with Gasteiger partial charge in [0.25, 0.3) is 0 Å². The first-order chi connectivity index (χ1) is 9.19. The average molecular weight is 261 g/mol. The molecule has 0 fully saturated rings. The number of hydrogen-bond acceptors (Lipinski definition) is 4. The highest BCUT2D eigenvalue weighted by Gasteiger charge is 2.06. The number of aryl methyl sites for hydroxylation is 1. The molecule has 0 radical (unpaired) electrons. The zero-order valence-corrected chi connectivity index (χ0v) is 10.3. The fourth-order valence-corrected chi connectivity index (χ4v) is 1.45. The maximum absolute atomic E-state index is 13.5. The van der Waals surface area contributed by atoms with Gasteiger partial charge in [0, 0.05) is 12.6 Å². The van der Waals surface area contributed by atoms with E-state index in [-0.39, 0.29) is 19.0 Å². The highest BCUT2D eigenvalue weighted by molar-refractivity contribution is 5.40. The normalized spacial score (nSPS) is 9.84. The topological polar surface area (TPSA) is 60.2 Å². The van der Waals surface area contributed by atoms with Crippen molar-refractivity contribution in [3.8, 4) is 17.6 Å². The molecule has 5 nitrogen and oxygen atoms in total. The average Bonchev–Trinajstić information content (AvgIpc) is 2.82. The summed E-state index contributed by atoms with van der Waals surface area (Å²) < 4.78 is 20.4. The van der Waals surface area contributed by atoms with Gasteiger partial charge in [-0.15, -0.1) is 5.10 Å². The number of halogens is 1. The summed E-state index contributed by atoms with van der Waals surface area (Å²) in [4.78, 5) is 0. The number of aliphatic hydroxyl groups excluding tert-OH is 1. The number of benzene rings is 1. The van der Waals surface area contributed by atoms with Crippen LogP contribution in [0.3, 0.4) is 0 Å². The molecular formula is C13H12FN3O2. The highest BCUT2D eigenvalue weighted by atomic mass is 19.1. The van der Waals surface area contributed by atoms with Crippen LogP contribution in [0.2, 0.25) is 0 Å². The first-order valence-electron chi connectivity index (χ1n) is 5.56. The predicted octanol–water partition coefficient (Wildman–Crippen LogP) is 0.877. The zero-order valence-electron chi connectivity index (χ0n) is 10.3. The third kappa shape index (κ3) is 3.53. The Labute approximate surface area is 109 Å². The first-order valence-corrected chi connectivity index (χ1v) is 5.56. The van der Waals surface area contributed by atoms with Crippen LogP contribution in [0.4, 0.5) is 4.39 Å². The Bertz CT molecular complexity index is 628. The fourth-order valence-electron chi connectivity index (χ4n) is 1.45. The van der Waals surface area contributed by atoms with Gasteiger partial charge in [0.2, 0.25) is 0 Å². The van der Waals surface area contributed by atoms with Crippen LogP contribution in [-0.4, -0.2) is 26.7 Å². The summed E-state index contributed by atoms with van der Waals surface area (Å²) in [6.07, 6.45) is 1.69. The van der Waals surface area contributed by atoms with Crippen molar-refractivity contribution in [2.24, 2.45) is 7.05 Å². The molecule has 1 N–H and O–H groups in total. The Morgan fingerprint density at radius 1 is 1.47 bits per heavy atom. The maximum atomic E-state index is 13.5. The lowest BCUT2D eigenvalue weighted by atomic mass is 10.2. The van der Waals surface area contributed by atoms with E-state index >= 15 is 0 Å². The Balaban J connectivity index is 2.10. The molecule has 19 heavy (non-hydrogen) atoms. The minimum Gasteiger partial charge on any atom is -0.484 e. The zero-order chi connectivity index (χ0) is 13.7. The Morgan fingerprint density at radius 2 is 2.32 bits per heavy atom.